The number of hydrogen-bond acceptors (Lipinski definition) is 1. The van der Waals surface area contributed by atoms with Gasteiger partial charge in [-0.15, -0.1) is 0 Å². The van der Waals surface area contributed by atoms with E-state index in [9.17, 15) is 5.11 Å². The average Bonchev–Trinajstić information content (AvgIpc) is 2.58. The van der Waals surface area contributed by atoms with Gasteiger partial charge in [0.1, 0.15) is 0 Å². The molecule has 1 spiro atoms. The van der Waals surface area contributed by atoms with Gasteiger partial charge in [-0.1, -0.05) is 20.8 Å². The van der Waals surface area contributed by atoms with E-state index in [4.69, 9.17) is 0 Å². The molecule has 3 aliphatic rings. The van der Waals surface area contributed by atoms with Crippen molar-refractivity contribution in [2.75, 3.05) is 0 Å². The lowest BCUT2D eigenvalue weighted by atomic mass is 9.64. The monoisotopic (exact) mass is 222 g/mol. The van der Waals surface area contributed by atoms with E-state index in [0.29, 0.717) is 16.7 Å². The minimum atomic E-state index is -0.404. The standard InChI is InChI=1S/C15H26O/c1-10-5-6-11-13(2,3)12-9-15(10,11)8-7-14(12,4)16/h10-12,16H,5-9H2,1-4H3/t10?,11-,12?,14+,15?/m0/s1. The topological polar surface area (TPSA) is 20.2 Å². The van der Waals surface area contributed by atoms with Gasteiger partial charge in [-0.2, -0.15) is 0 Å². The first-order valence-electron chi connectivity index (χ1n) is 7.03. The molecule has 3 fully saturated rings. The number of aliphatic hydroxyl groups is 1. The molecule has 0 aromatic heterocycles. The van der Waals surface area contributed by atoms with Crippen LogP contribution in [0.5, 0.6) is 0 Å². The summed E-state index contributed by atoms with van der Waals surface area (Å²) in [6, 6.07) is 0. The highest BCUT2D eigenvalue weighted by molar-refractivity contribution is 5.16. The molecule has 3 rings (SSSR count). The van der Waals surface area contributed by atoms with Crippen molar-refractivity contribution < 1.29 is 5.11 Å². The average molecular weight is 222 g/mol. The zero-order chi connectivity index (χ0) is 11.8. The van der Waals surface area contributed by atoms with Gasteiger partial charge in [-0.3, -0.25) is 0 Å². The van der Waals surface area contributed by atoms with E-state index in [1.165, 1.54) is 25.7 Å². The van der Waals surface area contributed by atoms with E-state index in [0.717, 1.165) is 18.3 Å². The van der Waals surface area contributed by atoms with Crippen LogP contribution in [-0.2, 0) is 0 Å². The van der Waals surface area contributed by atoms with Crippen molar-refractivity contribution in [3.63, 3.8) is 0 Å². The van der Waals surface area contributed by atoms with E-state index < -0.39 is 5.60 Å². The summed E-state index contributed by atoms with van der Waals surface area (Å²) in [6.07, 6.45) is 6.41. The van der Waals surface area contributed by atoms with Gasteiger partial charge in [-0.05, 0) is 67.6 Å². The molecule has 0 aromatic rings. The Morgan fingerprint density at radius 1 is 1.00 bits per heavy atom. The second-order valence-corrected chi connectivity index (χ2v) is 7.70. The molecular formula is C15H26O. The molecule has 0 radical (unpaired) electrons. The smallest absolute Gasteiger partial charge is 0.0653 e. The highest BCUT2D eigenvalue weighted by Crippen LogP contribution is 2.73. The molecule has 3 saturated carbocycles. The highest BCUT2D eigenvalue weighted by Gasteiger charge is 2.67. The predicted octanol–water partition coefficient (Wildman–Crippen LogP) is 3.61. The number of rotatable bonds is 0. The van der Waals surface area contributed by atoms with E-state index in [1.54, 1.807) is 0 Å². The summed E-state index contributed by atoms with van der Waals surface area (Å²) in [4.78, 5) is 0. The van der Waals surface area contributed by atoms with Crippen molar-refractivity contribution >= 4 is 0 Å². The Balaban J connectivity index is 2.07. The zero-order valence-corrected chi connectivity index (χ0v) is 11.2. The van der Waals surface area contributed by atoms with Crippen molar-refractivity contribution in [1.82, 2.24) is 0 Å². The third kappa shape index (κ3) is 1.06. The minimum absolute atomic E-state index is 0.352. The summed E-state index contributed by atoms with van der Waals surface area (Å²) in [5.41, 5.74) is 0.542. The second-order valence-electron chi connectivity index (χ2n) is 7.70. The minimum Gasteiger partial charge on any atom is -0.390 e. The van der Waals surface area contributed by atoms with E-state index >= 15 is 0 Å². The Bertz CT molecular complexity index is 313. The fourth-order valence-electron chi connectivity index (χ4n) is 5.88. The van der Waals surface area contributed by atoms with Crippen LogP contribution in [0.15, 0.2) is 0 Å². The molecule has 0 amide bonds. The van der Waals surface area contributed by atoms with Gasteiger partial charge in [0.15, 0.2) is 0 Å². The zero-order valence-electron chi connectivity index (χ0n) is 11.2. The summed E-state index contributed by atoms with van der Waals surface area (Å²) in [6.45, 7) is 9.38. The van der Waals surface area contributed by atoms with E-state index in [-0.39, 0.29) is 0 Å². The molecule has 0 saturated heterocycles. The SMILES string of the molecule is CC1CC[C@H]2C(C)(C)C3CC12CC[C@@]3(C)O. The van der Waals surface area contributed by atoms with Gasteiger partial charge in [-0.25, -0.2) is 0 Å². The molecule has 16 heavy (non-hydrogen) atoms. The Hall–Kier alpha value is -0.0400. The molecule has 3 aliphatic carbocycles. The Labute approximate surface area is 99.6 Å². The van der Waals surface area contributed by atoms with Gasteiger partial charge >= 0.3 is 0 Å². The summed E-state index contributed by atoms with van der Waals surface area (Å²) < 4.78 is 0. The molecular weight excluding hydrogens is 196 g/mol. The fourth-order valence-corrected chi connectivity index (χ4v) is 5.88. The summed E-state index contributed by atoms with van der Waals surface area (Å²) in [5.74, 6) is 2.29. The van der Waals surface area contributed by atoms with Crippen molar-refractivity contribution in [2.24, 2.45) is 28.6 Å². The molecule has 0 heterocycles. The fraction of sp³-hybridized carbons (Fsp3) is 1.00. The van der Waals surface area contributed by atoms with Crippen LogP contribution >= 0.6 is 0 Å². The molecule has 92 valence electrons. The van der Waals surface area contributed by atoms with Crippen LogP contribution in [0.1, 0.15) is 59.8 Å². The predicted molar refractivity (Wildman–Crippen MR) is 66.1 cm³/mol. The number of hydrogen-bond donors (Lipinski definition) is 1. The highest BCUT2D eigenvalue weighted by atomic mass is 16.3. The molecule has 1 heteroatoms. The van der Waals surface area contributed by atoms with Crippen LogP contribution in [0.2, 0.25) is 0 Å². The summed E-state index contributed by atoms with van der Waals surface area (Å²) in [7, 11) is 0. The maximum atomic E-state index is 10.6. The van der Waals surface area contributed by atoms with Crippen molar-refractivity contribution in [2.45, 2.75) is 65.4 Å². The molecule has 1 N–H and O–H groups in total. The van der Waals surface area contributed by atoms with Crippen molar-refractivity contribution in [3.05, 3.63) is 0 Å². The maximum Gasteiger partial charge on any atom is 0.0653 e. The largest absolute Gasteiger partial charge is 0.390 e. The first kappa shape index (κ1) is 11.1. The molecule has 0 aromatic carbocycles. The summed E-state index contributed by atoms with van der Waals surface area (Å²) in [5, 5.41) is 10.6. The van der Waals surface area contributed by atoms with Crippen LogP contribution in [0, 0.1) is 28.6 Å². The lowest BCUT2D eigenvalue weighted by Crippen LogP contribution is -2.44. The van der Waals surface area contributed by atoms with E-state index in [1.807, 2.05) is 0 Å². The van der Waals surface area contributed by atoms with Crippen molar-refractivity contribution in [1.29, 1.82) is 0 Å². The van der Waals surface area contributed by atoms with Crippen LogP contribution in [0.25, 0.3) is 0 Å². The lowest BCUT2D eigenvalue weighted by Gasteiger charge is -2.44. The van der Waals surface area contributed by atoms with Gasteiger partial charge < -0.3 is 5.11 Å². The lowest BCUT2D eigenvalue weighted by molar-refractivity contribution is -0.0717. The van der Waals surface area contributed by atoms with Crippen LogP contribution < -0.4 is 0 Å². The van der Waals surface area contributed by atoms with Crippen molar-refractivity contribution in [3.8, 4) is 0 Å². The third-order valence-electron chi connectivity index (χ3n) is 6.79. The van der Waals surface area contributed by atoms with Crippen LogP contribution in [0.3, 0.4) is 0 Å². The van der Waals surface area contributed by atoms with Gasteiger partial charge in [0.25, 0.3) is 0 Å². The quantitative estimate of drug-likeness (QED) is 0.664. The molecule has 0 aliphatic heterocycles. The molecule has 5 atom stereocenters. The number of fused-ring (bicyclic) bond motifs is 1. The second kappa shape index (κ2) is 2.85. The first-order valence-corrected chi connectivity index (χ1v) is 7.03. The van der Waals surface area contributed by atoms with Gasteiger partial charge in [0, 0.05) is 0 Å². The first-order chi connectivity index (χ1) is 7.31. The van der Waals surface area contributed by atoms with Crippen LogP contribution in [-0.4, -0.2) is 10.7 Å². The normalized spacial score (nSPS) is 58.7. The Morgan fingerprint density at radius 2 is 1.69 bits per heavy atom. The maximum absolute atomic E-state index is 10.6. The third-order valence-corrected chi connectivity index (χ3v) is 6.79. The van der Waals surface area contributed by atoms with Gasteiger partial charge in [0.05, 0.1) is 5.60 Å². The summed E-state index contributed by atoms with van der Waals surface area (Å²) >= 11 is 0. The molecule has 2 bridgehead atoms. The Morgan fingerprint density at radius 3 is 2.38 bits per heavy atom. The Kier molecular flexibility index (Phi) is 1.98. The molecule has 3 unspecified atom stereocenters. The van der Waals surface area contributed by atoms with Gasteiger partial charge in [0.2, 0.25) is 0 Å². The van der Waals surface area contributed by atoms with Crippen LogP contribution in [0.4, 0.5) is 0 Å². The van der Waals surface area contributed by atoms with E-state index in [2.05, 4.69) is 27.7 Å². The molecule has 1 nitrogen and oxygen atoms in total.